The fourth-order valence-corrected chi connectivity index (χ4v) is 2.08. The van der Waals surface area contributed by atoms with Crippen LogP contribution in [0.4, 0.5) is 0 Å². The SMILES string of the molecule is C[C@@](O)(C[C@H](O)c1ccccc1)c1ccccc1. The number of hydrogen-bond acceptors (Lipinski definition) is 2. The van der Waals surface area contributed by atoms with Crippen LogP contribution in [-0.4, -0.2) is 10.2 Å². The van der Waals surface area contributed by atoms with E-state index in [0.29, 0.717) is 0 Å². The second-order valence-corrected chi connectivity index (χ2v) is 4.77. The van der Waals surface area contributed by atoms with E-state index >= 15 is 0 Å². The van der Waals surface area contributed by atoms with Gasteiger partial charge < -0.3 is 10.2 Å². The van der Waals surface area contributed by atoms with Crippen LogP contribution in [0.1, 0.15) is 30.6 Å². The maximum absolute atomic E-state index is 10.5. The molecule has 0 saturated heterocycles. The Labute approximate surface area is 108 Å². The van der Waals surface area contributed by atoms with Crippen LogP contribution in [-0.2, 0) is 5.60 Å². The molecule has 0 fully saturated rings. The fraction of sp³-hybridized carbons (Fsp3) is 0.250. The van der Waals surface area contributed by atoms with Gasteiger partial charge in [-0.3, -0.25) is 0 Å². The third-order valence-electron chi connectivity index (χ3n) is 3.17. The molecule has 0 aromatic heterocycles. The first-order chi connectivity index (χ1) is 8.59. The van der Waals surface area contributed by atoms with Crippen molar-refractivity contribution in [3.63, 3.8) is 0 Å². The Hall–Kier alpha value is -1.64. The van der Waals surface area contributed by atoms with E-state index in [1.54, 1.807) is 6.92 Å². The Morgan fingerprint density at radius 2 is 1.44 bits per heavy atom. The van der Waals surface area contributed by atoms with Crippen LogP contribution in [0.25, 0.3) is 0 Å². The van der Waals surface area contributed by atoms with Gasteiger partial charge in [0.2, 0.25) is 0 Å². The number of benzene rings is 2. The lowest BCUT2D eigenvalue weighted by atomic mass is 9.88. The van der Waals surface area contributed by atoms with E-state index in [1.807, 2.05) is 60.7 Å². The Bertz CT molecular complexity index is 477. The highest BCUT2D eigenvalue weighted by atomic mass is 16.3. The van der Waals surface area contributed by atoms with Crippen molar-refractivity contribution in [2.24, 2.45) is 0 Å². The van der Waals surface area contributed by atoms with Gasteiger partial charge in [-0.1, -0.05) is 60.7 Å². The van der Waals surface area contributed by atoms with Crippen molar-refractivity contribution in [1.29, 1.82) is 0 Å². The summed E-state index contributed by atoms with van der Waals surface area (Å²) in [4.78, 5) is 0. The summed E-state index contributed by atoms with van der Waals surface area (Å²) in [5.74, 6) is 0. The minimum Gasteiger partial charge on any atom is -0.388 e. The zero-order chi connectivity index (χ0) is 13.0. The summed E-state index contributed by atoms with van der Waals surface area (Å²) in [5, 5.41) is 20.6. The molecule has 0 aliphatic carbocycles. The summed E-state index contributed by atoms with van der Waals surface area (Å²) in [5.41, 5.74) is 0.616. The molecule has 2 aromatic carbocycles. The van der Waals surface area contributed by atoms with Crippen molar-refractivity contribution >= 4 is 0 Å². The van der Waals surface area contributed by atoms with Crippen LogP contribution in [0.2, 0.25) is 0 Å². The third kappa shape index (κ3) is 2.97. The number of hydrogen-bond donors (Lipinski definition) is 2. The highest BCUT2D eigenvalue weighted by Crippen LogP contribution is 2.31. The fourth-order valence-electron chi connectivity index (χ4n) is 2.08. The molecule has 0 bridgehead atoms. The Morgan fingerprint density at radius 1 is 0.944 bits per heavy atom. The van der Waals surface area contributed by atoms with E-state index in [-0.39, 0.29) is 6.42 Å². The van der Waals surface area contributed by atoms with Gasteiger partial charge in [0.05, 0.1) is 11.7 Å². The maximum atomic E-state index is 10.5. The normalized spacial score (nSPS) is 15.9. The zero-order valence-corrected chi connectivity index (χ0v) is 10.5. The average molecular weight is 242 g/mol. The van der Waals surface area contributed by atoms with E-state index in [0.717, 1.165) is 11.1 Å². The summed E-state index contributed by atoms with van der Waals surface area (Å²) in [6.07, 6.45) is -0.387. The summed E-state index contributed by atoms with van der Waals surface area (Å²) in [7, 11) is 0. The van der Waals surface area contributed by atoms with E-state index in [4.69, 9.17) is 0 Å². The largest absolute Gasteiger partial charge is 0.388 e. The molecule has 0 heterocycles. The Balaban J connectivity index is 2.14. The Kier molecular flexibility index (Phi) is 3.80. The molecule has 0 saturated carbocycles. The molecule has 0 spiro atoms. The van der Waals surface area contributed by atoms with Crippen LogP contribution in [0.15, 0.2) is 60.7 Å². The van der Waals surface area contributed by atoms with E-state index in [2.05, 4.69) is 0 Å². The van der Waals surface area contributed by atoms with Gasteiger partial charge >= 0.3 is 0 Å². The molecule has 2 nitrogen and oxygen atoms in total. The monoisotopic (exact) mass is 242 g/mol. The lowest BCUT2D eigenvalue weighted by Crippen LogP contribution is -2.24. The molecule has 0 amide bonds. The van der Waals surface area contributed by atoms with Crippen molar-refractivity contribution in [2.45, 2.75) is 25.0 Å². The highest BCUT2D eigenvalue weighted by Gasteiger charge is 2.26. The minimum absolute atomic E-state index is 0.279. The average Bonchev–Trinajstić information content (AvgIpc) is 2.40. The molecule has 2 aromatic rings. The van der Waals surface area contributed by atoms with Gasteiger partial charge in [-0.15, -0.1) is 0 Å². The molecule has 0 aliphatic rings. The van der Waals surface area contributed by atoms with Gasteiger partial charge in [-0.25, -0.2) is 0 Å². The first-order valence-electron chi connectivity index (χ1n) is 6.10. The number of aliphatic hydroxyl groups excluding tert-OH is 1. The molecule has 2 atom stereocenters. The third-order valence-corrected chi connectivity index (χ3v) is 3.17. The van der Waals surface area contributed by atoms with Crippen LogP contribution < -0.4 is 0 Å². The molecule has 94 valence electrons. The summed E-state index contributed by atoms with van der Waals surface area (Å²) in [6.45, 7) is 1.73. The van der Waals surface area contributed by atoms with Crippen molar-refractivity contribution in [1.82, 2.24) is 0 Å². The molecule has 2 heteroatoms. The Morgan fingerprint density at radius 3 is 2.00 bits per heavy atom. The minimum atomic E-state index is -1.03. The van der Waals surface area contributed by atoms with Gasteiger partial charge in [-0.05, 0) is 18.1 Å². The first-order valence-corrected chi connectivity index (χ1v) is 6.10. The molecule has 2 rings (SSSR count). The number of aliphatic hydroxyl groups is 2. The first kappa shape index (κ1) is 12.8. The quantitative estimate of drug-likeness (QED) is 0.865. The van der Waals surface area contributed by atoms with Crippen LogP contribution >= 0.6 is 0 Å². The lowest BCUT2D eigenvalue weighted by molar-refractivity contribution is -0.000760. The zero-order valence-electron chi connectivity index (χ0n) is 10.5. The molecular weight excluding hydrogens is 224 g/mol. The van der Waals surface area contributed by atoms with E-state index in [9.17, 15) is 10.2 Å². The second kappa shape index (κ2) is 5.34. The van der Waals surface area contributed by atoms with Crippen molar-refractivity contribution in [2.75, 3.05) is 0 Å². The number of rotatable bonds is 4. The molecular formula is C16H18O2. The van der Waals surface area contributed by atoms with E-state index in [1.165, 1.54) is 0 Å². The standard InChI is InChI=1S/C16H18O2/c1-16(18,14-10-6-3-7-11-14)12-15(17)13-8-4-2-5-9-13/h2-11,15,17-18H,12H2,1H3/t15-,16+/m0/s1. The van der Waals surface area contributed by atoms with Crippen LogP contribution in [0.5, 0.6) is 0 Å². The van der Waals surface area contributed by atoms with Gasteiger partial charge in [0, 0.05) is 6.42 Å². The van der Waals surface area contributed by atoms with E-state index < -0.39 is 11.7 Å². The molecule has 0 unspecified atom stereocenters. The van der Waals surface area contributed by atoms with Crippen LogP contribution in [0, 0.1) is 0 Å². The highest BCUT2D eigenvalue weighted by molar-refractivity contribution is 5.23. The van der Waals surface area contributed by atoms with Crippen molar-refractivity contribution in [3.05, 3.63) is 71.8 Å². The predicted molar refractivity (Wildman–Crippen MR) is 72.0 cm³/mol. The summed E-state index contributed by atoms with van der Waals surface area (Å²) >= 11 is 0. The predicted octanol–water partition coefficient (Wildman–Crippen LogP) is 3.02. The van der Waals surface area contributed by atoms with Gasteiger partial charge in [0.25, 0.3) is 0 Å². The van der Waals surface area contributed by atoms with Crippen molar-refractivity contribution in [3.8, 4) is 0 Å². The summed E-state index contributed by atoms with van der Waals surface area (Å²) < 4.78 is 0. The lowest BCUT2D eigenvalue weighted by Gasteiger charge is -2.26. The summed E-state index contributed by atoms with van der Waals surface area (Å²) in [6, 6.07) is 18.8. The van der Waals surface area contributed by atoms with Gasteiger partial charge in [0.15, 0.2) is 0 Å². The smallest absolute Gasteiger partial charge is 0.0896 e. The van der Waals surface area contributed by atoms with Crippen molar-refractivity contribution < 1.29 is 10.2 Å². The second-order valence-electron chi connectivity index (χ2n) is 4.77. The van der Waals surface area contributed by atoms with Gasteiger partial charge in [-0.2, -0.15) is 0 Å². The van der Waals surface area contributed by atoms with Gasteiger partial charge in [0.1, 0.15) is 0 Å². The maximum Gasteiger partial charge on any atom is 0.0896 e. The molecule has 18 heavy (non-hydrogen) atoms. The molecule has 0 aliphatic heterocycles. The molecule has 0 radical (unpaired) electrons. The topological polar surface area (TPSA) is 40.5 Å². The molecule has 2 N–H and O–H groups in total. The van der Waals surface area contributed by atoms with Crippen LogP contribution in [0.3, 0.4) is 0 Å².